The van der Waals surface area contributed by atoms with Crippen LogP contribution in [0, 0.1) is 5.92 Å². The molecule has 18 heavy (non-hydrogen) atoms. The molecule has 0 spiro atoms. The smallest absolute Gasteiger partial charge is 0.246 e. The Morgan fingerprint density at radius 1 is 1.61 bits per heavy atom. The Kier molecular flexibility index (Phi) is 4.41. The molecule has 5 heteroatoms. The summed E-state index contributed by atoms with van der Waals surface area (Å²) >= 11 is 0. The van der Waals surface area contributed by atoms with Crippen LogP contribution in [0.1, 0.15) is 25.7 Å². The van der Waals surface area contributed by atoms with E-state index in [0.29, 0.717) is 24.0 Å². The zero-order chi connectivity index (χ0) is 13.1. The molecule has 1 aliphatic heterocycles. The summed E-state index contributed by atoms with van der Waals surface area (Å²) in [5.74, 6) is 0.295. The molecule has 3 unspecified atom stereocenters. The van der Waals surface area contributed by atoms with Crippen molar-refractivity contribution in [1.29, 1.82) is 0 Å². The van der Waals surface area contributed by atoms with Crippen LogP contribution in [-0.4, -0.2) is 34.6 Å². The van der Waals surface area contributed by atoms with E-state index >= 15 is 0 Å². The minimum Gasteiger partial charge on any atom is -0.374 e. The molecule has 0 bridgehead atoms. The maximum absolute atomic E-state index is 11.2. The molecule has 1 saturated carbocycles. The van der Waals surface area contributed by atoms with Crippen LogP contribution < -0.4 is 5.73 Å². The van der Waals surface area contributed by atoms with Crippen LogP contribution in [0.15, 0.2) is 24.0 Å². The van der Waals surface area contributed by atoms with Gasteiger partial charge < -0.3 is 15.5 Å². The van der Waals surface area contributed by atoms with E-state index in [-0.39, 0.29) is 5.91 Å². The zero-order valence-corrected chi connectivity index (χ0v) is 11.6. The normalized spacial score (nSPS) is 29.2. The summed E-state index contributed by atoms with van der Waals surface area (Å²) in [7, 11) is -0.793. The van der Waals surface area contributed by atoms with Gasteiger partial charge in [-0.25, -0.2) is 0 Å². The SMILES string of the molecule is CP(O)CC1CCC(N2C=CCC(C(N)=O)=C2)C1. The van der Waals surface area contributed by atoms with Gasteiger partial charge in [-0.3, -0.25) is 4.79 Å². The van der Waals surface area contributed by atoms with Gasteiger partial charge in [0, 0.05) is 32.2 Å². The van der Waals surface area contributed by atoms with E-state index in [9.17, 15) is 9.69 Å². The van der Waals surface area contributed by atoms with Gasteiger partial charge in [0.1, 0.15) is 0 Å². The van der Waals surface area contributed by atoms with Crippen LogP contribution in [0.4, 0.5) is 0 Å². The van der Waals surface area contributed by atoms with Crippen LogP contribution in [0.5, 0.6) is 0 Å². The van der Waals surface area contributed by atoms with Crippen LogP contribution in [-0.2, 0) is 4.79 Å². The largest absolute Gasteiger partial charge is 0.374 e. The molecule has 0 aromatic heterocycles. The molecule has 3 N–H and O–H groups in total. The Hall–Kier alpha value is -0.860. The average molecular weight is 268 g/mol. The van der Waals surface area contributed by atoms with Gasteiger partial charge in [0.15, 0.2) is 0 Å². The lowest BCUT2D eigenvalue weighted by atomic mass is 10.1. The Morgan fingerprint density at radius 2 is 2.39 bits per heavy atom. The first-order valence-corrected chi connectivity index (χ1v) is 8.33. The number of rotatable bonds is 4. The minimum atomic E-state index is -0.793. The van der Waals surface area contributed by atoms with E-state index in [4.69, 9.17) is 5.73 Å². The van der Waals surface area contributed by atoms with E-state index in [2.05, 4.69) is 4.90 Å². The molecule has 0 saturated heterocycles. The minimum absolute atomic E-state index is 0.327. The topological polar surface area (TPSA) is 66.6 Å². The Bertz CT molecular complexity index is 379. The monoisotopic (exact) mass is 268 g/mol. The fourth-order valence-electron chi connectivity index (χ4n) is 2.83. The number of nitrogens with two attached hydrogens (primary N) is 1. The number of nitrogens with zero attached hydrogens (tertiary/aromatic N) is 1. The summed E-state index contributed by atoms with van der Waals surface area (Å²) < 4.78 is 0. The van der Waals surface area contributed by atoms with Crippen LogP contribution in [0.2, 0.25) is 0 Å². The molecular weight excluding hydrogens is 247 g/mol. The predicted octanol–water partition coefficient (Wildman–Crippen LogP) is 1.76. The molecule has 100 valence electrons. The third kappa shape index (κ3) is 3.33. The highest BCUT2D eigenvalue weighted by Crippen LogP contribution is 2.38. The lowest BCUT2D eigenvalue weighted by Crippen LogP contribution is -2.28. The molecule has 0 aromatic rings. The number of carbonyl (C=O) groups excluding carboxylic acids is 1. The van der Waals surface area contributed by atoms with Crippen LogP contribution in [0.25, 0.3) is 0 Å². The van der Waals surface area contributed by atoms with Crippen LogP contribution in [0.3, 0.4) is 0 Å². The van der Waals surface area contributed by atoms with Gasteiger partial charge in [-0.1, -0.05) is 6.08 Å². The van der Waals surface area contributed by atoms with E-state index < -0.39 is 8.15 Å². The predicted molar refractivity (Wildman–Crippen MR) is 73.9 cm³/mol. The highest BCUT2D eigenvalue weighted by atomic mass is 31.1. The fraction of sp³-hybridized carbons (Fsp3) is 0.615. The highest BCUT2D eigenvalue weighted by Gasteiger charge is 2.29. The standard InChI is InChI=1S/C13H21N2O2P/c1-18(17)9-10-4-5-12(7-10)15-6-2-3-11(8-15)13(14)16/h2,6,8,10,12,17H,3-5,7,9H2,1H3,(H2,14,16). The van der Waals surface area contributed by atoms with Gasteiger partial charge in [0.05, 0.1) is 0 Å². The molecule has 0 aromatic carbocycles. The number of hydrogen-bond acceptors (Lipinski definition) is 3. The molecule has 1 aliphatic carbocycles. The van der Waals surface area contributed by atoms with Crippen LogP contribution >= 0.6 is 8.15 Å². The average Bonchev–Trinajstić information content (AvgIpc) is 2.77. The fourth-order valence-corrected chi connectivity index (χ4v) is 3.91. The molecule has 1 heterocycles. The van der Waals surface area contributed by atoms with Crippen molar-refractivity contribution in [1.82, 2.24) is 4.90 Å². The van der Waals surface area contributed by atoms with E-state index in [1.54, 1.807) is 0 Å². The number of primary amides is 1. The van der Waals surface area contributed by atoms with Gasteiger partial charge in [0.25, 0.3) is 0 Å². The van der Waals surface area contributed by atoms with Crippen molar-refractivity contribution >= 4 is 14.1 Å². The molecule has 3 atom stereocenters. The maximum atomic E-state index is 11.2. The zero-order valence-electron chi connectivity index (χ0n) is 10.7. The van der Waals surface area contributed by atoms with Gasteiger partial charge in [-0.15, -0.1) is 0 Å². The number of hydrogen-bond donors (Lipinski definition) is 2. The van der Waals surface area contributed by atoms with Crippen molar-refractivity contribution in [3.05, 3.63) is 24.0 Å². The van der Waals surface area contributed by atoms with Crippen molar-refractivity contribution in [3.63, 3.8) is 0 Å². The summed E-state index contributed by atoms with van der Waals surface area (Å²) in [6.45, 7) is 1.91. The first-order chi connectivity index (χ1) is 8.56. The molecule has 0 radical (unpaired) electrons. The summed E-state index contributed by atoms with van der Waals surface area (Å²) in [4.78, 5) is 22.8. The first kappa shape index (κ1) is 13.6. The van der Waals surface area contributed by atoms with Crippen molar-refractivity contribution in [2.75, 3.05) is 12.8 Å². The Morgan fingerprint density at radius 3 is 3.06 bits per heavy atom. The third-order valence-corrected chi connectivity index (χ3v) is 4.74. The lowest BCUT2D eigenvalue weighted by molar-refractivity contribution is -0.114. The molecule has 1 amide bonds. The number of allylic oxidation sites excluding steroid dienone is 1. The van der Waals surface area contributed by atoms with Crippen molar-refractivity contribution in [2.24, 2.45) is 11.7 Å². The molecular formula is C13H21N2O2P. The summed E-state index contributed by atoms with van der Waals surface area (Å²) in [6, 6.07) is 0.454. The summed E-state index contributed by atoms with van der Waals surface area (Å²) in [6.07, 6.45) is 10.9. The van der Waals surface area contributed by atoms with Crippen molar-refractivity contribution in [2.45, 2.75) is 31.7 Å². The molecule has 1 fully saturated rings. The second kappa shape index (κ2) is 5.85. The molecule has 2 aliphatic rings. The quantitative estimate of drug-likeness (QED) is 0.763. The Labute approximate surface area is 109 Å². The van der Waals surface area contributed by atoms with Gasteiger partial charge in [-0.05, 0) is 44.4 Å². The molecule has 2 rings (SSSR count). The third-order valence-electron chi connectivity index (χ3n) is 3.69. The Balaban J connectivity index is 1.95. The second-order valence-electron chi connectivity index (χ2n) is 5.23. The lowest BCUT2D eigenvalue weighted by Gasteiger charge is -2.27. The van der Waals surface area contributed by atoms with Crippen molar-refractivity contribution in [3.8, 4) is 0 Å². The number of amides is 1. The van der Waals surface area contributed by atoms with Gasteiger partial charge >= 0.3 is 0 Å². The van der Waals surface area contributed by atoms with E-state index in [0.717, 1.165) is 19.0 Å². The first-order valence-electron chi connectivity index (χ1n) is 6.41. The summed E-state index contributed by atoms with van der Waals surface area (Å²) in [5.41, 5.74) is 6.00. The van der Waals surface area contributed by atoms with Crippen molar-refractivity contribution < 1.29 is 9.69 Å². The highest BCUT2D eigenvalue weighted by molar-refractivity contribution is 7.50. The summed E-state index contributed by atoms with van der Waals surface area (Å²) in [5, 5.41) is 0. The second-order valence-corrected chi connectivity index (χ2v) is 6.91. The molecule has 4 nitrogen and oxygen atoms in total. The van der Waals surface area contributed by atoms with E-state index in [1.165, 1.54) is 6.42 Å². The number of carbonyl (C=O) groups is 1. The van der Waals surface area contributed by atoms with E-state index in [1.807, 2.05) is 25.1 Å². The van der Waals surface area contributed by atoms with Gasteiger partial charge in [0.2, 0.25) is 5.91 Å². The maximum Gasteiger partial charge on any atom is 0.246 e. The van der Waals surface area contributed by atoms with Gasteiger partial charge in [-0.2, -0.15) is 0 Å².